The molecule has 1 aromatic rings. The number of hydrogen-bond donors (Lipinski definition) is 1. The summed E-state index contributed by atoms with van der Waals surface area (Å²) in [4.78, 5) is 13.9. The van der Waals surface area contributed by atoms with Crippen LogP contribution in [0.25, 0.3) is 0 Å². The first-order valence-electron chi connectivity index (χ1n) is 5.49. The van der Waals surface area contributed by atoms with Gasteiger partial charge in [0, 0.05) is 24.4 Å². The van der Waals surface area contributed by atoms with E-state index >= 15 is 0 Å². The van der Waals surface area contributed by atoms with Gasteiger partial charge < -0.3 is 15.4 Å². The zero-order chi connectivity index (χ0) is 12.4. The van der Waals surface area contributed by atoms with Crippen LogP contribution in [-0.2, 0) is 4.74 Å². The summed E-state index contributed by atoms with van der Waals surface area (Å²) in [6.45, 7) is 1.29. The average molecular weight is 255 g/mol. The fourth-order valence-corrected chi connectivity index (χ4v) is 2.07. The fraction of sp³-hybridized carbons (Fsp3) is 0.417. The van der Waals surface area contributed by atoms with Gasteiger partial charge in [0.2, 0.25) is 0 Å². The lowest BCUT2D eigenvalue weighted by Crippen LogP contribution is -2.37. The first-order valence-corrected chi connectivity index (χ1v) is 5.87. The first-order chi connectivity index (χ1) is 8.09. The van der Waals surface area contributed by atoms with E-state index in [9.17, 15) is 4.79 Å². The smallest absolute Gasteiger partial charge is 0.256 e. The molecule has 1 heterocycles. The number of amides is 1. The van der Waals surface area contributed by atoms with Gasteiger partial charge in [-0.1, -0.05) is 11.6 Å². The third kappa shape index (κ3) is 2.53. The molecule has 0 bridgehead atoms. The van der Waals surface area contributed by atoms with Gasteiger partial charge >= 0.3 is 0 Å². The van der Waals surface area contributed by atoms with Crippen LogP contribution in [0.3, 0.4) is 0 Å². The number of anilines is 1. The van der Waals surface area contributed by atoms with Gasteiger partial charge in [0.15, 0.2) is 0 Å². The summed E-state index contributed by atoms with van der Waals surface area (Å²) in [6, 6.07) is 5.05. The van der Waals surface area contributed by atoms with Crippen molar-refractivity contribution in [1.29, 1.82) is 0 Å². The molecule has 1 unspecified atom stereocenters. The van der Waals surface area contributed by atoms with Crippen molar-refractivity contribution in [2.45, 2.75) is 12.5 Å². The van der Waals surface area contributed by atoms with Crippen molar-refractivity contribution in [1.82, 2.24) is 4.90 Å². The van der Waals surface area contributed by atoms with Crippen LogP contribution in [0.5, 0.6) is 0 Å². The number of rotatable bonds is 2. The molecule has 2 rings (SSSR count). The molecule has 0 aliphatic carbocycles. The normalized spacial score (nSPS) is 19.3. The highest BCUT2D eigenvalue weighted by Gasteiger charge is 2.25. The standard InChI is InChI=1S/C12H15ClN2O2/c1-15(9-4-5-17-7-9)12(16)10-6-8(13)2-3-11(10)14/h2-3,6,9H,4-5,7,14H2,1H3. The molecule has 1 amide bonds. The molecule has 5 heteroatoms. The van der Waals surface area contributed by atoms with Gasteiger partial charge in [-0.2, -0.15) is 0 Å². The van der Waals surface area contributed by atoms with Crippen LogP contribution in [0.15, 0.2) is 18.2 Å². The summed E-state index contributed by atoms with van der Waals surface area (Å²) >= 11 is 5.87. The topological polar surface area (TPSA) is 55.6 Å². The monoisotopic (exact) mass is 254 g/mol. The maximum Gasteiger partial charge on any atom is 0.256 e. The van der Waals surface area contributed by atoms with E-state index in [1.807, 2.05) is 0 Å². The molecule has 1 atom stereocenters. The molecular formula is C12H15ClN2O2. The summed E-state index contributed by atoms with van der Waals surface area (Å²) in [6.07, 6.45) is 0.864. The lowest BCUT2D eigenvalue weighted by molar-refractivity contribution is 0.0712. The summed E-state index contributed by atoms with van der Waals surface area (Å²) < 4.78 is 5.27. The molecule has 1 aliphatic heterocycles. The Morgan fingerprint density at radius 2 is 2.35 bits per heavy atom. The summed E-state index contributed by atoms with van der Waals surface area (Å²) in [5, 5.41) is 0.513. The number of ether oxygens (including phenoxy) is 1. The molecule has 92 valence electrons. The lowest BCUT2D eigenvalue weighted by Gasteiger charge is -2.23. The van der Waals surface area contributed by atoms with E-state index < -0.39 is 0 Å². The number of halogens is 1. The molecule has 1 fully saturated rings. The van der Waals surface area contributed by atoms with Crippen molar-refractivity contribution < 1.29 is 9.53 Å². The number of nitrogen functional groups attached to an aromatic ring is 1. The van der Waals surface area contributed by atoms with Crippen LogP contribution in [0, 0.1) is 0 Å². The van der Waals surface area contributed by atoms with Gasteiger partial charge in [0.25, 0.3) is 5.91 Å². The highest BCUT2D eigenvalue weighted by Crippen LogP contribution is 2.21. The van der Waals surface area contributed by atoms with Crippen molar-refractivity contribution in [2.75, 3.05) is 26.0 Å². The van der Waals surface area contributed by atoms with Crippen molar-refractivity contribution >= 4 is 23.2 Å². The molecule has 1 aromatic carbocycles. The number of likely N-dealkylation sites (N-methyl/N-ethyl adjacent to an activating group) is 1. The van der Waals surface area contributed by atoms with E-state index in [0.717, 1.165) is 6.42 Å². The van der Waals surface area contributed by atoms with Crippen LogP contribution < -0.4 is 5.73 Å². The van der Waals surface area contributed by atoms with Gasteiger partial charge in [-0.3, -0.25) is 4.79 Å². The minimum atomic E-state index is -0.111. The van der Waals surface area contributed by atoms with Crippen molar-refractivity contribution in [3.63, 3.8) is 0 Å². The van der Waals surface area contributed by atoms with Gasteiger partial charge in [-0.05, 0) is 24.6 Å². The number of hydrogen-bond acceptors (Lipinski definition) is 3. The number of nitrogens with zero attached hydrogens (tertiary/aromatic N) is 1. The van der Waals surface area contributed by atoms with E-state index in [-0.39, 0.29) is 11.9 Å². The van der Waals surface area contributed by atoms with E-state index in [1.54, 1.807) is 30.1 Å². The number of benzene rings is 1. The molecule has 0 spiro atoms. The molecule has 0 aromatic heterocycles. The van der Waals surface area contributed by atoms with Crippen LogP contribution in [0.1, 0.15) is 16.8 Å². The highest BCUT2D eigenvalue weighted by atomic mass is 35.5. The Kier molecular flexibility index (Phi) is 3.54. The average Bonchev–Trinajstić information content (AvgIpc) is 2.84. The molecule has 0 saturated carbocycles. The van der Waals surface area contributed by atoms with E-state index in [0.29, 0.717) is 29.5 Å². The maximum absolute atomic E-state index is 12.2. The third-order valence-corrected chi connectivity index (χ3v) is 3.25. The van der Waals surface area contributed by atoms with Gasteiger partial charge in [0.05, 0.1) is 18.2 Å². The third-order valence-electron chi connectivity index (χ3n) is 3.02. The van der Waals surface area contributed by atoms with E-state index in [1.165, 1.54) is 0 Å². The Labute approximate surface area is 105 Å². The Morgan fingerprint density at radius 1 is 1.59 bits per heavy atom. The van der Waals surface area contributed by atoms with Crippen molar-refractivity contribution in [3.05, 3.63) is 28.8 Å². The number of carbonyl (C=O) groups excluding carboxylic acids is 1. The Bertz CT molecular complexity index is 431. The van der Waals surface area contributed by atoms with Gasteiger partial charge in [-0.15, -0.1) is 0 Å². The Balaban J connectivity index is 2.20. The highest BCUT2D eigenvalue weighted by molar-refractivity contribution is 6.31. The Hall–Kier alpha value is -1.26. The predicted octanol–water partition coefficient (Wildman–Crippen LogP) is 1.78. The largest absolute Gasteiger partial charge is 0.398 e. The quantitative estimate of drug-likeness (QED) is 0.819. The zero-order valence-corrected chi connectivity index (χ0v) is 10.4. The fourth-order valence-electron chi connectivity index (χ4n) is 1.90. The molecule has 0 radical (unpaired) electrons. The number of carbonyl (C=O) groups is 1. The lowest BCUT2D eigenvalue weighted by atomic mass is 10.1. The van der Waals surface area contributed by atoms with Gasteiger partial charge in [0.1, 0.15) is 0 Å². The summed E-state index contributed by atoms with van der Waals surface area (Å²) in [7, 11) is 1.77. The van der Waals surface area contributed by atoms with Crippen LogP contribution in [0.4, 0.5) is 5.69 Å². The number of nitrogens with two attached hydrogens (primary N) is 1. The van der Waals surface area contributed by atoms with Crippen LogP contribution in [0.2, 0.25) is 5.02 Å². The SMILES string of the molecule is CN(C(=O)c1cc(Cl)ccc1N)C1CCOC1. The van der Waals surface area contributed by atoms with Crippen LogP contribution >= 0.6 is 11.6 Å². The molecule has 4 nitrogen and oxygen atoms in total. The molecular weight excluding hydrogens is 240 g/mol. The minimum absolute atomic E-state index is 0.111. The van der Waals surface area contributed by atoms with Crippen LogP contribution in [-0.4, -0.2) is 37.1 Å². The second-order valence-corrected chi connectivity index (χ2v) is 4.60. The first kappa shape index (κ1) is 12.2. The maximum atomic E-state index is 12.2. The van der Waals surface area contributed by atoms with Crippen molar-refractivity contribution in [3.8, 4) is 0 Å². The van der Waals surface area contributed by atoms with Crippen molar-refractivity contribution in [2.24, 2.45) is 0 Å². The summed E-state index contributed by atoms with van der Waals surface area (Å²) in [5.41, 5.74) is 6.69. The second-order valence-electron chi connectivity index (χ2n) is 4.17. The van der Waals surface area contributed by atoms with E-state index in [2.05, 4.69) is 0 Å². The second kappa shape index (κ2) is 4.94. The predicted molar refractivity (Wildman–Crippen MR) is 67.2 cm³/mol. The molecule has 2 N–H and O–H groups in total. The molecule has 1 aliphatic rings. The molecule has 17 heavy (non-hydrogen) atoms. The Morgan fingerprint density at radius 3 is 3.00 bits per heavy atom. The summed E-state index contributed by atoms with van der Waals surface area (Å²) in [5.74, 6) is -0.111. The zero-order valence-electron chi connectivity index (χ0n) is 9.65. The molecule has 1 saturated heterocycles. The minimum Gasteiger partial charge on any atom is -0.398 e. The van der Waals surface area contributed by atoms with Gasteiger partial charge in [-0.25, -0.2) is 0 Å². The van der Waals surface area contributed by atoms with E-state index in [4.69, 9.17) is 22.1 Å².